The first-order valence-corrected chi connectivity index (χ1v) is 8.09. The number of carbonyl (C=O) groups is 3. The average molecular weight is 389 g/mol. The molecule has 0 aliphatic rings. The Labute approximate surface area is 158 Å². The van der Waals surface area contributed by atoms with E-state index in [9.17, 15) is 28.9 Å². The van der Waals surface area contributed by atoms with E-state index in [4.69, 9.17) is 4.74 Å². The number of halogens is 1. The molecule has 146 valence electrons. The number of ether oxygens (including phenoxy) is 1. The van der Waals surface area contributed by atoms with Crippen LogP contribution in [0.15, 0.2) is 48.5 Å². The Morgan fingerprint density at radius 1 is 0.964 bits per heavy atom. The summed E-state index contributed by atoms with van der Waals surface area (Å²) in [7, 11) is 0. The van der Waals surface area contributed by atoms with Crippen LogP contribution in [0, 0.1) is 15.9 Å². The van der Waals surface area contributed by atoms with Crippen molar-refractivity contribution in [1.82, 2.24) is 0 Å². The van der Waals surface area contributed by atoms with Gasteiger partial charge >= 0.3 is 5.97 Å². The van der Waals surface area contributed by atoms with Gasteiger partial charge in [0.1, 0.15) is 5.82 Å². The van der Waals surface area contributed by atoms with Crippen molar-refractivity contribution in [2.75, 3.05) is 17.2 Å². The molecule has 0 atom stereocenters. The molecule has 0 spiro atoms. The first-order valence-electron chi connectivity index (χ1n) is 8.09. The number of anilines is 2. The molecule has 9 nitrogen and oxygen atoms in total. The number of rotatable bonds is 8. The van der Waals surface area contributed by atoms with Gasteiger partial charge in [-0.25, -0.2) is 4.39 Å². The molecule has 0 bridgehead atoms. The molecule has 28 heavy (non-hydrogen) atoms. The maximum absolute atomic E-state index is 12.8. The third kappa shape index (κ3) is 6.83. The van der Waals surface area contributed by atoms with Crippen LogP contribution < -0.4 is 10.6 Å². The highest BCUT2D eigenvalue weighted by molar-refractivity contribution is 5.94. The van der Waals surface area contributed by atoms with Crippen LogP contribution in [0.4, 0.5) is 21.5 Å². The van der Waals surface area contributed by atoms with Crippen molar-refractivity contribution in [2.24, 2.45) is 0 Å². The van der Waals surface area contributed by atoms with Gasteiger partial charge in [0.15, 0.2) is 6.61 Å². The minimum atomic E-state index is -0.761. The van der Waals surface area contributed by atoms with E-state index in [2.05, 4.69) is 10.6 Å². The number of amides is 2. The van der Waals surface area contributed by atoms with Gasteiger partial charge in [0.25, 0.3) is 11.6 Å². The molecular weight excluding hydrogens is 373 g/mol. The fraction of sp³-hybridized carbons (Fsp3) is 0.167. The third-order valence-corrected chi connectivity index (χ3v) is 3.39. The lowest BCUT2D eigenvalue weighted by Gasteiger charge is -2.07. The van der Waals surface area contributed by atoms with Crippen LogP contribution in [0.1, 0.15) is 12.8 Å². The molecule has 0 unspecified atom stereocenters. The van der Waals surface area contributed by atoms with Crippen molar-refractivity contribution in [3.8, 4) is 0 Å². The first kappa shape index (κ1) is 20.5. The van der Waals surface area contributed by atoms with Gasteiger partial charge in [-0.3, -0.25) is 24.5 Å². The summed E-state index contributed by atoms with van der Waals surface area (Å²) in [6, 6.07) is 10.4. The van der Waals surface area contributed by atoms with Crippen molar-refractivity contribution in [3.05, 3.63) is 64.5 Å². The van der Waals surface area contributed by atoms with Gasteiger partial charge in [0, 0.05) is 29.9 Å². The van der Waals surface area contributed by atoms with Crippen molar-refractivity contribution < 1.29 is 28.4 Å². The number of nitrogens with zero attached hydrogens (tertiary/aromatic N) is 1. The number of nitro benzene ring substituents is 1. The summed E-state index contributed by atoms with van der Waals surface area (Å²) in [5, 5.41) is 15.5. The summed E-state index contributed by atoms with van der Waals surface area (Å²) in [5.74, 6) is -2.36. The first-order chi connectivity index (χ1) is 13.3. The predicted molar refractivity (Wildman–Crippen MR) is 96.9 cm³/mol. The quantitative estimate of drug-likeness (QED) is 0.406. The van der Waals surface area contributed by atoms with Crippen molar-refractivity contribution in [3.63, 3.8) is 0 Å². The smallest absolute Gasteiger partial charge is 0.306 e. The van der Waals surface area contributed by atoms with Gasteiger partial charge in [-0.2, -0.15) is 0 Å². The predicted octanol–water partition coefficient (Wildman–Crippen LogP) is 2.63. The van der Waals surface area contributed by atoms with Gasteiger partial charge in [0.05, 0.1) is 11.3 Å². The number of carbonyl (C=O) groups excluding carboxylic acids is 3. The standard InChI is InChI=1S/C18H16FN3O6/c19-12-4-6-13(7-5-12)20-17(24)11-28-18(25)9-8-16(23)21-14-2-1-3-15(10-14)22(26)27/h1-7,10H,8-9,11H2,(H,20,24)(H,21,23). The molecule has 2 amide bonds. The van der Waals surface area contributed by atoms with Gasteiger partial charge in [0.2, 0.25) is 5.91 Å². The van der Waals surface area contributed by atoms with E-state index in [0.717, 1.165) is 0 Å². The average Bonchev–Trinajstić information content (AvgIpc) is 2.66. The van der Waals surface area contributed by atoms with Crippen LogP contribution in [0.2, 0.25) is 0 Å². The zero-order valence-electron chi connectivity index (χ0n) is 14.5. The molecule has 0 aromatic heterocycles. The maximum atomic E-state index is 12.8. The maximum Gasteiger partial charge on any atom is 0.306 e. The van der Waals surface area contributed by atoms with E-state index < -0.39 is 35.1 Å². The Morgan fingerprint density at radius 3 is 2.32 bits per heavy atom. The summed E-state index contributed by atoms with van der Waals surface area (Å²) in [5.41, 5.74) is 0.398. The van der Waals surface area contributed by atoms with Gasteiger partial charge < -0.3 is 15.4 Å². The second-order valence-electron chi connectivity index (χ2n) is 5.57. The van der Waals surface area contributed by atoms with Crippen LogP contribution in [-0.2, 0) is 19.1 Å². The zero-order valence-corrected chi connectivity index (χ0v) is 14.5. The highest BCUT2D eigenvalue weighted by atomic mass is 19.1. The molecular formula is C18H16FN3O6. The second kappa shape index (κ2) is 9.76. The minimum absolute atomic E-state index is 0.177. The van der Waals surface area contributed by atoms with Crippen molar-refractivity contribution >= 4 is 34.8 Å². The summed E-state index contributed by atoms with van der Waals surface area (Å²) >= 11 is 0. The lowest BCUT2D eigenvalue weighted by molar-refractivity contribution is -0.384. The molecule has 0 aliphatic carbocycles. The van der Waals surface area contributed by atoms with E-state index in [-0.39, 0.29) is 24.2 Å². The fourth-order valence-corrected chi connectivity index (χ4v) is 2.08. The number of non-ortho nitro benzene ring substituents is 1. The normalized spacial score (nSPS) is 10.0. The Bertz CT molecular complexity index is 885. The third-order valence-electron chi connectivity index (χ3n) is 3.39. The number of hydrogen-bond donors (Lipinski definition) is 2. The Kier molecular flexibility index (Phi) is 7.14. The molecule has 0 radical (unpaired) electrons. The largest absolute Gasteiger partial charge is 0.456 e. The molecule has 2 aromatic carbocycles. The summed E-state index contributed by atoms with van der Waals surface area (Å²) in [6.07, 6.45) is -0.494. The fourth-order valence-electron chi connectivity index (χ4n) is 2.08. The Balaban J connectivity index is 1.70. The molecule has 0 aliphatic heterocycles. The van der Waals surface area contributed by atoms with E-state index in [1.54, 1.807) is 0 Å². The molecule has 0 heterocycles. The summed E-state index contributed by atoms with van der Waals surface area (Å²) in [6.45, 7) is -0.553. The lowest BCUT2D eigenvalue weighted by Crippen LogP contribution is -2.21. The van der Waals surface area contributed by atoms with Gasteiger partial charge in [-0.05, 0) is 30.3 Å². The van der Waals surface area contributed by atoms with Crippen LogP contribution in [0.25, 0.3) is 0 Å². The monoisotopic (exact) mass is 389 g/mol. The zero-order chi connectivity index (χ0) is 20.5. The molecule has 0 saturated heterocycles. The lowest BCUT2D eigenvalue weighted by atomic mass is 10.2. The molecule has 0 saturated carbocycles. The van der Waals surface area contributed by atoms with Crippen molar-refractivity contribution in [2.45, 2.75) is 12.8 Å². The van der Waals surface area contributed by atoms with Crippen molar-refractivity contribution in [1.29, 1.82) is 0 Å². The molecule has 2 aromatic rings. The minimum Gasteiger partial charge on any atom is -0.456 e. The number of nitro groups is 1. The topological polar surface area (TPSA) is 128 Å². The highest BCUT2D eigenvalue weighted by Gasteiger charge is 2.12. The van der Waals surface area contributed by atoms with Gasteiger partial charge in [-0.1, -0.05) is 6.07 Å². The van der Waals surface area contributed by atoms with Crippen LogP contribution in [-0.4, -0.2) is 29.3 Å². The van der Waals surface area contributed by atoms with E-state index in [0.29, 0.717) is 5.69 Å². The van der Waals surface area contributed by atoms with Crippen LogP contribution in [0.3, 0.4) is 0 Å². The van der Waals surface area contributed by atoms with Gasteiger partial charge in [-0.15, -0.1) is 0 Å². The molecule has 2 N–H and O–H groups in total. The van der Waals surface area contributed by atoms with E-state index in [1.165, 1.54) is 48.5 Å². The van der Waals surface area contributed by atoms with Crippen LogP contribution in [0.5, 0.6) is 0 Å². The number of esters is 1. The summed E-state index contributed by atoms with van der Waals surface area (Å²) < 4.78 is 17.5. The Hall–Kier alpha value is -3.82. The molecule has 10 heteroatoms. The molecule has 0 fully saturated rings. The SMILES string of the molecule is O=C(CCC(=O)OCC(=O)Nc1ccc(F)cc1)Nc1cccc([N+](=O)[O-])c1. The van der Waals surface area contributed by atoms with Crippen LogP contribution >= 0.6 is 0 Å². The number of benzene rings is 2. The molecule has 2 rings (SSSR count). The number of nitrogens with one attached hydrogen (secondary N) is 2. The second-order valence-corrected chi connectivity index (χ2v) is 5.57. The Morgan fingerprint density at radius 2 is 1.64 bits per heavy atom. The van der Waals surface area contributed by atoms with E-state index in [1.807, 2.05) is 0 Å². The highest BCUT2D eigenvalue weighted by Crippen LogP contribution is 2.17. The van der Waals surface area contributed by atoms with E-state index >= 15 is 0 Å². The summed E-state index contributed by atoms with van der Waals surface area (Å²) in [4.78, 5) is 45.2. The number of hydrogen-bond acceptors (Lipinski definition) is 6.